The van der Waals surface area contributed by atoms with E-state index < -0.39 is 11.3 Å². The molecule has 2 N–H and O–H groups in total. The van der Waals surface area contributed by atoms with Crippen LogP contribution < -0.4 is 10.6 Å². The molecule has 2 aromatic heterocycles. The van der Waals surface area contributed by atoms with Gasteiger partial charge in [-0.3, -0.25) is 4.79 Å². The zero-order valence-corrected chi connectivity index (χ0v) is 15.0. The molecule has 0 aromatic carbocycles. The molecule has 1 amide bonds. The van der Waals surface area contributed by atoms with Crippen molar-refractivity contribution >= 4 is 11.6 Å². The first-order chi connectivity index (χ1) is 12.9. The molecule has 0 spiro atoms. The molecule has 2 aliphatic rings. The van der Waals surface area contributed by atoms with Crippen molar-refractivity contribution < 1.29 is 18.0 Å². The van der Waals surface area contributed by atoms with Gasteiger partial charge in [-0.2, -0.15) is 0 Å². The highest BCUT2D eigenvalue weighted by Crippen LogP contribution is 2.36. The fourth-order valence-electron chi connectivity index (χ4n) is 3.58. The van der Waals surface area contributed by atoms with Gasteiger partial charge in [0.25, 0.3) is 5.89 Å². The molecule has 0 bridgehead atoms. The Hall–Kier alpha value is -2.58. The van der Waals surface area contributed by atoms with E-state index in [9.17, 15) is 13.6 Å². The highest BCUT2D eigenvalue weighted by molar-refractivity contribution is 5.88. The number of carbonyl (C=O) groups excluding carboxylic acids is 1. The maximum absolute atomic E-state index is 13.4. The minimum atomic E-state index is -2.57. The number of carbonyl (C=O) groups is 1. The van der Waals surface area contributed by atoms with E-state index in [0.29, 0.717) is 37.2 Å². The molecule has 4 rings (SSSR count). The van der Waals surface area contributed by atoms with Crippen molar-refractivity contribution in [2.75, 3.05) is 11.9 Å². The predicted octanol–water partition coefficient (Wildman–Crippen LogP) is 2.90. The van der Waals surface area contributed by atoms with Crippen molar-refractivity contribution in [2.45, 2.75) is 56.4 Å². The van der Waals surface area contributed by atoms with Crippen molar-refractivity contribution in [2.24, 2.45) is 0 Å². The molecule has 0 radical (unpaired) electrons. The van der Waals surface area contributed by atoms with Gasteiger partial charge in [-0.15, -0.1) is 10.2 Å². The number of aromatic nitrogens is 3. The third kappa shape index (κ3) is 3.38. The Balaban J connectivity index is 1.56. The number of hydrogen-bond acceptors (Lipinski definition) is 6. The second-order valence-corrected chi connectivity index (χ2v) is 7.42. The average Bonchev–Trinajstić information content (AvgIpc) is 3.26. The van der Waals surface area contributed by atoms with Gasteiger partial charge in [0.1, 0.15) is 5.41 Å². The molecule has 3 heterocycles. The number of nitrogens with zero attached hydrogens (tertiary/aromatic N) is 3. The lowest BCUT2D eigenvalue weighted by molar-refractivity contribution is -0.124. The molecular weight excluding hydrogens is 356 g/mol. The van der Waals surface area contributed by atoms with Crippen LogP contribution in [0.4, 0.5) is 14.5 Å². The van der Waals surface area contributed by atoms with Crippen LogP contribution in [0.25, 0.3) is 11.6 Å². The standard InChI is InChI=1S/C18H21F2N5O2/c1-17(8-10-22-15(17)26)16-25-24-14(27-16)13-12(3-2-9-21-13)23-11-4-6-18(19,20)7-5-11/h2-3,9,11,23H,4-8,10H2,1H3,(H,22,26)/t17-/m1/s1. The second-order valence-electron chi connectivity index (χ2n) is 7.42. The van der Waals surface area contributed by atoms with Gasteiger partial charge in [0.2, 0.25) is 17.7 Å². The lowest BCUT2D eigenvalue weighted by atomic mass is 9.89. The molecule has 9 heteroatoms. The van der Waals surface area contributed by atoms with E-state index in [1.165, 1.54) is 0 Å². The minimum absolute atomic E-state index is 0.0619. The lowest BCUT2D eigenvalue weighted by Gasteiger charge is -2.29. The first kappa shape index (κ1) is 17.8. The summed E-state index contributed by atoms with van der Waals surface area (Å²) >= 11 is 0. The van der Waals surface area contributed by atoms with E-state index in [1.807, 2.05) is 6.07 Å². The summed E-state index contributed by atoms with van der Waals surface area (Å²) < 4.78 is 32.5. The van der Waals surface area contributed by atoms with Crippen molar-refractivity contribution in [3.05, 3.63) is 24.2 Å². The summed E-state index contributed by atoms with van der Waals surface area (Å²) in [5.41, 5.74) is 0.266. The maximum Gasteiger partial charge on any atom is 0.268 e. The number of rotatable bonds is 4. The number of pyridine rings is 1. The largest absolute Gasteiger partial charge is 0.418 e. The Morgan fingerprint density at radius 3 is 2.74 bits per heavy atom. The van der Waals surface area contributed by atoms with Crippen molar-refractivity contribution in [1.82, 2.24) is 20.5 Å². The number of hydrogen-bond donors (Lipinski definition) is 2. The number of nitrogens with one attached hydrogen (secondary N) is 2. The summed E-state index contributed by atoms with van der Waals surface area (Å²) in [5.74, 6) is -2.26. The normalized spacial score (nSPS) is 25.4. The molecule has 27 heavy (non-hydrogen) atoms. The third-order valence-electron chi connectivity index (χ3n) is 5.40. The van der Waals surface area contributed by atoms with Gasteiger partial charge in [0.15, 0.2) is 5.69 Å². The zero-order valence-electron chi connectivity index (χ0n) is 15.0. The van der Waals surface area contributed by atoms with Crippen LogP contribution in [0.2, 0.25) is 0 Å². The number of alkyl halides is 2. The third-order valence-corrected chi connectivity index (χ3v) is 5.40. The van der Waals surface area contributed by atoms with E-state index in [2.05, 4.69) is 25.8 Å². The van der Waals surface area contributed by atoms with Crippen LogP contribution in [-0.4, -0.2) is 39.6 Å². The molecule has 1 atom stereocenters. The Labute approximate surface area is 155 Å². The van der Waals surface area contributed by atoms with Crippen LogP contribution in [0, 0.1) is 0 Å². The van der Waals surface area contributed by atoms with Crippen LogP contribution >= 0.6 is 0 Å². The Bertz CT molecular complexity index is 846. The molecule has 7 nitrogen and oxygen atoms in total. The first-order valence-electron chi connectivity index (χ1n) is 9.09. The van der Waals surface area contributed by atoms with E-state index in [0.717, 1.165) is 0 Å². The van der Waals surface area contributed by atoms with E-state index in [1.54, 1.807) is 19.2 Å². The Kier molecular flexibility index (Phi) is 4.32. The fourth-order valence-corrected chi connectivity index (χ4v) is 3.58. The van der Waals surface area contributed by atoms with Gasteiger partial charge in [0, 0.05) is 31.6 Å². The van der Waals surface area contributed by atoms with Crippen LogP contribution in [0.5, 0.6) is 0 Å². The quantitative estimate of drug-likeness (QED) is 0.851. The van der Waals surface area contributed by atoms with Gasteiger partial charge >= 0.3 is 0 Å². The maximum atomic E-state index is 13.4. The van der Waals surface area contributed by atoms with Crippen LogP contribution in [0.3, 0.4) is 0 Å². The monoisotopic (exact) mass is 377 g/mol. The molecule has 1 saturated carbocycles. The molecule has 0 unspecified atom stereocenters. The smallest absolute Gasteiger partial charge is 0.268 e. The SMILES string of the molecule is C[C@@]1(c2nnc(-c3ncccc3NC3CCC(F)(F)CC3)o2)CCNC1=O. The summed E-state index contributed by atoms with van der Waals surface area (Å²) in [6, 6.07) is 3.50. The second kappa shape index (κ2) is 6.54. The van der Waals surface area contributed by atoms with Gasteiger partial charge in [0.05, 0.1) is 5.69 Å². The van der Waals surface area contributed by atoms with Gasteiger partial charge in [-0.25, -0.2) is 13.8 Å². The summed E-state index contributed by atoms with van der Waals surface area (Å²) in [6.45, 7) is 2.34. The van der Waals surface area contributed by atoms with Gasteiger partial charge in [-0.05, 0) is 38.3 Å². The fraction of sp³-hybridized carbons (Fsp3) is 0.556. The molecule has 144 valence electrons. The molecular formula is C18H21F2N5O2. The first-order valence-corrected chi connectivity index (χ1v) is 9.09. The zero-order chi connectivity index (χ0) is 19.1. The Morgan fingerprint density at radius 1 is 1.26 bits per heavy atom. The summed E-state index contributed by atoms with van der Waals surface area (Å²) in [6.07, 6.45) is 2.70. The number of halogens is 2. The van der Waals surface area contributed by atoms with Gasteiger partial charge < -0.3 is 15.1 Å². The van der Waals surface area contributed by atoms with Crippen LogP contribution in [-0.2, 0) is 10.2 Å². The highest BCUT2D eigenvalue weighted by atomic mass is 19.3. The van der Waals surface area contributed by atoms with Crippen LogP contribution in [0.1, 0.15) is 44.9 Å². The number of anilines is 1. The molecule has 2 aromatic rings. The average molecular weight is 377 g/mol. The van der Waals surface area contributed by atoms with Gasteiger partial charge in [-0.1, -0.05) is 0 Å². The molecule has 1 aliphatic carbocycles. The van der Waals surface area contributed by atoms with E-state index in [4.69, 9.17) is 4.42 Å². The van der Waals surface area contributed by atoms with Crippen molar-refractivity contribution in [1.29, 1.82) is 0 Å². The summed E-state index contributed by atoms with van der Waals surface area (Å²) in [5, 5.41) is 14.2. The molecule has 1 saturated heterocycles. The predicted molar refractivity (Wildman–Crippen MR) is 93.3 cm³/mol. The van der Waals surface area contributed by atoms with Crippen molar-refractivity contribution in [3.8, 4) is 11.6 Å². The topological polar surface area (TPSA) is 92.9 Å². The van der Waals surface area contributed by atoms with E-state index >= 15 is 0 Å². The van der Waals surface area contributed by atoms with E-state index in [-0.39, 0.29) is 36.6 Å². The van der Waals surface area contributed by atoms with Crippen LogP contribution in [0.15, 0.2) is 22.7 Å². The van der Waals surface area contributed by atoms with Crippen molar-refractivity contribution in [3.63, 3.8) is 0 Å². The molecule has 2 fully saturated rings. The summed E-state index contributed by atoms with van der Waals surface area (Å²) in [4.78, 5) is 16.4. The number of amides is 1. The lowest BCUT2D eigenvalue weighted by Crippen LogP contribution is -2.32. The molecule has 1 aliphatic heterocycles. The minimum Gasteiger partial charge on any atom is -0.418 e. The Morgan fingerprint density at radius 2 is 2.04 bits per heavy atom. The highest BCUT2D eigenvalue weighted by Gasteiger charge is 2.44. The summed E-state index contributed by atoms with van der Waals surface area (Å²) in [7, 11) is 0.